The number of benzene rings is 1. The lowest BCUT2D eigenvalue weighted by atomic mass is 10.1. The second kappa shape index (κ2) is 4.52. The fourth-order valence-electron chi connectivity index (χ4n) is 1.46. The molecule has 0 amide bonds. The molecule has 1 aromatic carbocycles. The number of rotatable bonds is 3. The standard InChI is InChI=1S/C10H8ClN3O3/c11-6-1-2-8(7(3-6)10(16)17)14-5-12-13-9(14)4-15/h1-3,5,15H,4H2,(H,16,17). The van der Waals surface area contributed by atoms with E-state index in [1.165, 1.54) is 23.0 Å². The van der Waals surface area contributed by atoms with Crippen molar-refractivity contribution >= 4 is 17.6 Å². The van der Waals surface area contributed by atoms with Gasteiger partial charge in [0.25, 0.3) is 0 Å². The van der Waals surface area contributed by atoms with E-state index in [1.54, 1.807) is 6.07 Å². The first-order valence-corrected chi connectivity index (χ1v) is 5.04. The van der Waals surface area contributed by atoms with E-state index in [0.29, 0.717) is 10.7 Å². The van der Waals surface area contributed by atoms with Crippen molar-refractivity contribution in [1.29, 1.82) is 0 Å². The third-order valence-electron chi connectivity index (χ3n) is 2.21. The molecule has 7 heteroatoms. The lowest BCUT2D eigenvalue weighted by molar-refractivity contribution is 0.0697. The normalized spacial score (nSPS) is 10.5. The second-order valence-electron chi connectivity index (χ2n) is 3.24. The molecule has 0 saturated carbocycles. The van der Waals surface area contributed by atoms with Crippen LogP contribution in [0.1, 0.15) is 16.2 Å². The Morgan fingerprint density at radius 2 is 2.24 bits per heavy atom. The van der Waals surface area contributed by atoms with Crippen molar-refractivity contribution in [2.45, 2.75) is 6.61 Å². The number of aliphatic hydroxyl groups is 1. The van der Waals surface area contributed by atoms with Crippen molar-refractivity contribution in [3.63, 3.8) is 0 Å². The molecule has 0 saturated heterocycles. The van der Waals surface area contributed by atoms with Crippen LogP contribution in [0, 0.1) is 0 Å². The van der Waals surface area contributed by atoms with Gasteiger partial charge in [-0.2, -0.15) is 0 Å². The molecular formula is C10H8ClN3O3. The average Bonchev–Trinajstić information content (AvgIpc) is 2.76. The molecule has 0 fully saturated rings. The quantitative estimate of drug-likeness (QED) is 0.855. The summed E-state index contributed by atoms with van der Waals surface area (Å²) in [7, 11) is 0. The molecule has 17 heavy (non-hydrogen) atoms. The van der Waals surface area contributed by atoms with Crippen molar-refractivity contribution in [3.8, 4) is 5.69 Å². The highest BCUT2D eigenvalue weighted by atomic mass is 35.5. The number of hydrogen-bond donors (Lipinski definition) is 2. The van der Waals surface area contributed by atoms with Crippen LogP contribution in [0.2, 0.25) is 5.02 Å². The first-order valence-electron chi connectivity index (χ1n) is 4.66. The van der Waals surface area contributed by atoms with Crippen LogP contribution in [0.5, 0.6) is 0 Å². The summed E-state index contributed by atoms with van der Waals surface area (Å²) in [5.74, 6) is -0.852. The van der Waals surface area contributed by atoms with Crippen LogP contribution < -0.4 is 0 Å². The van der Waals surface area contributed by atoms with Crippen molar-refractivity contribution in [2.24, 2.45) is 0 Å². The number of hydrogen-bond acceptors (Lipinski definition) is 4. The van der Waals surface area contributed by atoms with Crippen molar-refractivity contribution < 1.29 is 15.0 Å². The number of halogens is 1. The summed E-state index contributed by atoms with van der Waals surface area (Å²) in [5.41, 5.74) is 0.378. The van der Waals surface area contributed by atoms with Crippen molar-refractivity contribution in [2.75, 3.05) is 0 Å². The van der Waals surface area contributed by atoms with Crippen LogP contribution in [0.25, 0.3) is 5.69 Å². The highest BCUT2D eigenvalue weighted by Crippen LogP contribution is 2.20. The molecule has 88 valence electrons. The molecule has 0 unspecified atom stereocenters. The summed E-state index contributed by atoms with van der Waals surface area (Å²) in [6, 6.07) is 4.43. The Bertz CT molecular complexity index is 568. The Morgan fingerprint density at radius 3 is 2.88 bits per heavy atom. The number of carboxylic acid groups (broad SMARTS) is 1. The minimum Gasteiger partial charge on any atom is -0.478 e. The van der Waals surface area contributed by atoms with E-state index >= 15 is 0 Å². The molecule has 0 aliphatic rings. The van der Waals surface area contributed by atoms with E-state index < -0.39 is 5.97 Å². The summed E-state index contributed by atoms with van der Waals surface area (Å²) in [4.78, 5) is 11.1. The molecule has 1 heterocycles. The average molecular weight is 254 g/mol. The van der Waals surface area contributed by atoms with Crippen LogP contribution in [-0.4, -0.2) is 30.9 Å². The number of nitrogens with zero attached hydrogens (tertiary/aromatic N) is 3. The maximum absolute atomic E-state index is 11.1. The van der Waals surface area contributed by atoms with Gasteiger partial charge in [-0.25, -0.2) is 4.79 Å². The zero-order valence-corrected chi connectivity index (χ0v) is 9.29. The lowest BCUT2D eigenvalue weighted by Gasteiger charge is -2.08. The van der Waals surface area contributed by atoms with Gasteiger partial charge in [-0.1, -0.05) is 11.6 Å². The van der Waals surface area contributed by atoms with E-state index in [4.69, 9.17) is 21.8 Å². The van der Waals surface area contributed by atoms with E-state index in [9.17, 15) is 4.79 Å². The Labute approximate surface area is 101 Å². The first kappa shape index (κ1) is 11.6. The van der Waals surface area contributed by atoms with Gasteiger partial charge in [0, 0.05) is 5.02 Å². The van der Waals surface area contributed by atoms with Gasteiger partial charge in [0.1, 0.15) is 12.9 Å². The maximum Gasteiger partial charge on any atom is 0.337 e. The fraction of sp³-hybridized carbons (Fsp3) is 0.100. The summed E-state index contributed by atoms with van der Waals surface area (Å²) in [6.45, 7) is -0.332. The molecule has 0 radical (unpaired) electrons. The van der Waals surface area contributed by atoms with Crippen LogP contribution >= 0.6 is 11.6 Å². The van der Waals surface area contributed by atoms with E-state index in [0.717, 1.165) is 0 Å². The number of aromatic nitrogens is 3. The third kappa shape index (κ3) is 2.13. The zero-order chi connectivity index (χ0) is 12.4. The molecule has 0 aliphatic heterocycles. The van der Waals surface area contributed by atoms with Gasteiger partial charge in [0.2, 0.25) is 0 Å². The monoisotopic (exact) mass is 253 g/mol. The Hall–Kier alpha value is -1.92. The minimum atomic E-state index is -1.11. The van der Waals surface area contributed by atoms with Crippen LogP contribution in [-0.2, 0) is 6.61 Å². The molecule has 0 bridgehead atoms. The van der Waals surface area contributed by atoms with Gasteiger partial charge >= 0.3 is 5.97 Å². The van der Waals surface area contributed by atoms with E-state index in [1.807, 2.05) is 0 Å². The number of carboxylic acids is 1. The molecule has 2 rings (SSSR count). The van der Waals surface area contributed by atoms with E-state index in [2.05, 4.69) is 10.2 Å². The van der Waals surface area contributed by atoms with Crippen LogP contribution in [0.3, 0.4) is 0 Å². The van der Waals surface area contributed by atoms with Gasteiger partial charge < -0.3 is 10.2 Å². The SMILES string of the molecule is O=C(O)c1cc(Cl)ccc1-n1cnnc1CO. The smallest absolute Gasteiger partial charge is 0.337 e. The summed E-state index contributed by atoms with van der Waals surface area (Å²) in [5, 5.41) is 25.7. The predicted octanol–water partition coefficient (Wildman–Crippen LogP) is 1.11. The zero-order valence-electron chi connectivity index (χ0n) is 8.54. The Kier molecular flexibility index (Phi) is 3.08. The second-order valence-corrected chi connectivity index (χ2v) is 3.68. The Morgan fingerprint density at radius 1 is 1.47 bits per heavy atom. The van der Waals surface area contributed by atoms with Gasteiger partial charge in [0.05, 0.1) is 11.3 Å². The number of aliphatic hydroxyl groups excluding tert-OH is 1. The maximum atomic E-state index is 11.1. The summed E-state index contributed by atoms with van der Waals surface area (Å²) >= 11 is 5.74. The molecule has 2 N–H and O–H groups in total. The number of carbonyl (C=O) groups is 1. The van der Waals surface area contributed by atoms with Gasteiger partial charge in [-0.3, -0.25) is 4.57 Å². The van der Waals surface area contributed by atoms with Crippen LogP contribution in [0.4, 0.5) is 0 Å². The van der Waals surface area contributed by atoms with Crippen molar-refractivity contribution in [1.82, 2.24) is 14.8 Å². The molecule has 0 spiro atoms. The highest BCUT2D eigenvalue weighted by molar-refractivity contribution is 6.31. The van der Waals surface area contributed by atoms with Gasteiger partial charge in [0.15, 0.2) is 5.82 Å². The minimum absolute atomic E-state index is 0.0204. The third-order valence-corrected chi connectivity index (χ3v) is 2.44. The molecule has 6 nitrogen and oxygen atoms in total. The first-order chi connectivity index (χ1) is 8.13. The van der Waals surface area contributed by atoms with E-state index in [-0.39, 0.29) is 18.0 Å². The highest BCUT2D eigenvalue weighted by Gasteiger charge is 2.15. The van der Waals surface area contributed by atoms with Gasteiger partial charge in [-0.05, 0) is 18.2 Å². The molecule has 0 atom stereocenters. The molecule has 1 aromatic heterocycles. The molecular weight excluding hydrogens is 246 g/mol. The number of aromatic carboxylic acids is 1. The molecule has 0 aliphatic carbocycles. The largest absolute Gasteiger partial charge is 0.478 e. The summed E-state index contributed by atoms with van der Waals surface area (Å²) in [6.07, 6.45) is 1.33. The molecule has 2 aromatic rings. The topological polar surface area (TPSA) is 88.2 Å². The van der Waals surface area contributed by atoms with Crippen molar-refractivity contribution in [3.05, 3.63) is 40.9 Å². The van der Waals surface area contributed by atoms with Crippen LogP contribution in [0.15, 0.2) is 24.5 Å². The lowest BCUT2D eigenvalue weighted by Crippen LogP contribution is -2.07. The predicted molar refractivity (Wildman–Crippen MR) is 59.3 cm³/mol. The fourth-order valence-corrected chi connectivity index (χ4v) is 1.63. The summed E-state index contributed by atoms with van der Waals surface area (Å²) < 4.78 is 1.40. The Balaban J connectivity index is 2.63. The van der Waals surface area contributed by atoms with Gasteiger partial charge in [-0.15, -0.1) is 10.2 Å².